The summed E-state index contributed by atoms with van der Waals surface area (Å²) in [6, 6.07) is 12.1. The van der Waals surface area contributed by atoms with Crippen LogP contribution in [0.2, 0.25) is 0 Å². The normalized spacial score (nSPS) is 14.4. The number of fused-ring (bicyclic) bond motifs is 1. The van der Waals surface area contributed by atoms with Gasteiger partial charge < -0.3 is 10.6 Å². The minimum Gasteiger partial charge on any atom is -0.337 e. The van der Waals surface area contributed by atoms with Gasteiger partial charge in [0.25, 0.3) is 0 Å². The van der Waals surface area contributed by atoms with Gasteiger partial charge in [0.1, 0.15) is 0 Å². The van der Waals surface area contributed by atoms with Crippen LogP contribution >= 0.6 is 11.3 Å². The first-order valence-corrected chi connectivity index (χ1v) is 8.52. The van der Waals surface area contributed by atoms with Gasteiger partial charge in [0.2, 0.25) is 0 Å². The van der Waals surface area contributed by atoms with E-state index in [1.807, 2.05) is 41.7 Å². The van der Waals surface area contributed by atoms with Crippen molar-refractivity contribution in [2.75, 3.05) is 19.6 Å². The molecule has 2 heterocycles. The van der Waals surface area contributed by atoms with E-state index in [0.717, 1.165) is 31.6 Å². The van der Waals surface area contributed by atoms with Crippen molar-refractivity contribution in [1.82, 2.24) is 15.5 Å². The van der Waals surface area contributed by atoms with Crippen LogP contribution in [0.4, 0.5) is 4.79 Å². The molecule has 2 aromatic rings. The minimum absolute atomic E-state index is 0.0999. The number of benzene rings is 1. The molecule has 3 rings (SSSR count). The van der Waals surface area contributed by atoms with Gasteiger partial charge in [-0.25, -0.2) is 4.79 Å². The maximum atomic E-state index is 11.8. The number of thiophene rings is 1. The number of rotatable bonds is 5. The molecule has 22 heavy (non-hydrogen) atoms. The Kier molecular flexibility index (Phi) is 5.08. The Bertz CT molecular complexity index is 611. The second kappa shape index (κ2) is 7.42. The van der Waals surface area contributed by atoms with Gasteiger partial charge in [-0.15, -0.1) is 11.3 Å². The fourth-order valence-electron chi connectivity index (χ4n) is 2.67. The SMILES string of the molecule is O=C(NCCN1CCc2sccc2C1)NCc1ccccc1. The Morgan fingerprint density at radius 2 is 2.05 bits per heavy atom. The maximum Gasteiger partial charge on any atom is 0.315 e. The van der Waals surface area contributed by atoms with Gasteiger partial charge in [-0.3, -0.25) is 4.90 Å². The first kappa shape index (κ1) is 15.1. The van der Waals surface area contributed by atoms with Crippen molar-refractivity contribution in [3.63, 3.8) is 0 Å². The van der Waals surface area contributed by atoms with Crippen LogP contribution in [0.1, 0.15) is 16.0 Å². The summed E-state index contributed by atoms with van der Waals surface area (Å²) in [5.74, 6) is 0. The number of hydrogen-bond donors (Lipinski definition) is 2. The molecule has 0 saturated heterocycles. The fourth-order valence-corrected chi connectivity index (χ4v) is 3.56. The average Bonchev–Trinajstić information content (AvgIpc) is 3.02. The van der Waals surface area contributed by atoms with Crippen LogP contribution in [0.15, 0.2) is 41.8 Å². The third kappa shape index (κ3) is 4.08. The first-order chi connectivity index (χ1) is 10.8. The van der Waals surface area contributed by atoms with Crippen molar-refractivity contribution in [3.05, 3.63) is 57.8 Å². The van der Waals surface area contributed by atoms with Crippen LogP contribution in [0, 0.1) is 0 Å². The van der Waals surface area contributed by atoms with Gasteiger partial charge >= 0.3 is 6.03 Å². The summed E-state index contributed by atoms with van der Waals surface area (Å²) in [5.41, 5.74) is 2.56. The summed E-state index contributed by atoms with van der Waals surface area (Å²) in [6.45, 7) is 4.23. The summed E-state index contributed by atoms with van der Waals surface area (Å²) in [5, 5.41) is 7.98. The summed E-state index contributed by atoms with van der Waals surface area (Å²) < 4.78 is 0. The molecule has 0 spiro atoms. The van der Waals surface area contributed by atoms with Crippen molar-refractivity contribution in [1.29, 1.82) is 0 Å². The van der Waals surface area contributed by atoms with Crippen LogP contribution < -0.4 is 10.6 Å². The molecule has 1 aromatic heterocycles. The van der Waals surface area contributed by atoms with Gasteiger partial charge in [0, 0.05) is 37.6 Å². The largest absolute Gasteiger partial charge is 0.337 e. The van der Waals surface area contributed by atoms with Crippen molar-refractivity contribution in [3.8, 4) is 0 Å². The molecule has 0 radical (unpaired) electrons. The number of nitrogens with one attached hydrogen (secondary N) is 2. The zero-order valence-electron chi connectivity index (χ0n) is 12.5. The Morgan fingerprint density at radius 1 is 1.18 bits per heavy atom. The molecule has 116 valence electrons. The van der Waals surface area contributed by atoms with Gasteiger partial charge in [0.15, 0.2) is 0 Å². The molecule has 2 N–H and O–H groups in total. The molecule has 0 aliphatic carbocycles. The second-order valence-electron chi connectivity index (χ2n) is 5.49. The lowest BCUT2D eigenvalue weighted by Crippen LogP contribution is -2.41. The Morgan fingerprint density at radius 3 is 2.91 bits per heavy atom. The standard InChI is InChI=1S/C17H21N3OS/c21-17(19-12-14-4-2-1-3-5-14)18-8-10-20-9-6-16-15(13-20)7-11-22-16/h1-5,7,11H,6,8-10,12-13H2,(H2,18,19,21). The quantitative estimate of drug-likeness (QED) is 0.891. The molecule has 0 saturated carbocycles. The summed E-state index contributed by atoms with van der Waals surface area (Å²) in [7, 11) is 0. The van der Waals surface area contributed by atoms with Crippen molar-refractivity contribution >= 4 is 17.4 Å². The second-order valence-corrected chi connectivity index (χ2v) is 6.49. The molecule has 0 atom stereocenters. The van der Waals surface area contributed by atoms with E-state index in [4.69, 9.17) is 0 Å². The molecular formula is C17H21N3OS. The highest BCUT2D eigenvalue weighted by atomic mass is 32.1. The molecule has 1 aliphatic rings. The third-order valence-corrected chi connectivity index (χ3v) is 4.92. The molecule has 2 amide bonds. The van der Waals surface area contributed by atoms with Gasteiger partial charge in [-0.1, -0.05) is 30.3 Å². The maximum absolute atomic E-state index is 11.8. The Balaban J connectivity index is 1.34. The fraction of sp³-hybridized carbons (Fsp3) is 0.353. The van der Waals surface area contributed by atoms with Crippen molar-refractivity contribution in [2.45, 2.75) is 19.5 Å². The first-order valence-electron chi connectivity index (χ1n) is 7.64. The Hall–Kier alpha value is -1.85. The van der Waals surface area contributed by atoms with Crippen LogP contribution in [-0.2, 0) is 19.5 Å². The van der Waals surface area contributed by atoms with Crippen molar-refractivity contribution < 1.29 is 4.79 Å². The number of carbonyl (C=O) groups excluding carboxylic acids is 1. The predicted molar refractivity (Wildman–Crippen MR) is 90.0 cm³/mol. The molecule has 1 aromatic carbocycles. The number of carbonyl (C=O) groups is 1. The molecule has 0 unspecified atom stereocenters. The van der Waals surface area contributed by atoms with E-state index >= 15 is 0 Å². The molecule has 1 aliphatic heterocycles. The average molecular weight is 315 g/mol. The summed E-state index contributed by atoms with van der Waals surface area (Å²) in [4.78, 5) is 15.7. The number of nitrogens with zero attached hydrogens (tertiary/aromatic N) is 1. The summed E-state index contributed by atoms with van der Waals surface area (Å²) >= 11 is 1.85. The van der Waals surface area contributed by atoms with E-state index in [-0.39, 0.29) is 6.03 Å². The third-order valence-electron chi connectivity index (χ3n) is 3.90. The number of urea groups is 1. The van der Waals surface area contributed by atoms with Crippen LogP contribution in [0.5, 0.6) is 0 Å². The lowest BCUT2D eigenvalue weighted by molar-refractivity contribution is 0.231. The van der Waals surface area contributed by atoms with Crippen LogP contribution in [-0.4, -0.2) is 30.6 Å². The van der Waals surface area contributed by atoms with E-state index in [0.29, 0.717) is 13.1 Å². The van der Waals surface area contributed by atoms with Gasteiger partial charge in [-0.05, 0) is 29.0 Å². The van der Waals surface area contributed by atoms with E-state index in [1.165, 1.54) is 10.4 Å². The highest BCUT2D eigenvalue weighted by molar-refractivity contribution is 7.10. The number of amides is 2. The van der Waals surface area contributed by atoms with E-state index in [9.17, 15) is 4.79 Å². The van der Waals surface area contributed by atoms with E-state index in [1.54, 1.807) is 0 Å². The monoisotopic (exact) mass is 315 g/mol. The van der Waals surface area contributed by atoms with Crippen molar-refractivity contribution in [2.24, 2.45) is 0 Å². The topological polar surface area (TPSA) is 44.4 Å². The lowest BCUT2D eigenvalue weighted by Gasteiger charge is -2.26. The molecule has 0 fully saturated rings. The highest BCUT2D eigenvalue weighted by Gasteiger charge is 2.16. The van der Waals surface area contributed by atoms with Gasteiger partial charge in [0.05, 0.1) is 0 Å². The van der Waals surface area contributed by atoms with Crippen LogP contribution in [0.3, 0.4) is 0 Å². The lowest BCUT2D eigenvalue weighted by atomic mass is 10.1. The highest BCUT2D eigenvalue weighted by Crippen LogP contribution is 2.23. The zero-order valence-corrected chi connectivity index (χ0v) is 13.4. The zero-order chi connectivity index (χ0) is 15.2. The van der Waals surface area contributed by atoms with E-state index < -0.39 is 0 Å². The van der Waals surface area contributed by atoms with Crippen LogP contribution in [0.25, 0.3) is 0 Å². The molecule has 4 nitrogen and oxygen atoms in total. The predicted octanol–water partition coefficient (Wildman–Crippen LogP) is 2.61. The minimum atomic E-state index is -0.0999. The molecule has 5 heteroatoms. The Labute approximate surface area is 135 Å². The molecular weight excluding hydrogens is 294 g/mol. The summed E-state index contributed by atoms with van der Waals surface area (Å²) in [6.07, 6.45) is 1.13. The van der Waals surface area contributed by atoms with E-state index in [2.05, 4.69) is 27.0 Å². The smallest absolute Gasteiger partial charge is 0.315 e. The van der Waals surface area contributed by atoms with Gasteiger partial charge in [-0.2, -0.15) is 0 Å². The molecule has 0 bridgehead atoms. The number of hydrogen-bond acceptors (Lipinski definition) is 3.